The molecule has 6 heteroatoms. The molecular formula is C24H18Cl2N2O2. The monoisotopic (exact) mass is 436 g/mol. The molecule has 0 amide bonds. The summed E-state index contributed by atoms with van der Waals surface area (Å²) in [6.07, 6.45) is -0.188. The molecule has 2 aliphatic rings. The van der Waals surface area contributed by atoms with E-state index in [0.29, 0.717) is 27.8 Å². The number of ether oxygens (including phenoxy) is 1. The number of ketones is 1. The van der Waals surface area contributed by atoms with Crippen LogP contribution in [0.1, 0.15) is 39.5 Å². The number of rotatable bonds is 3. The van der Waals surface area contributed by atoms with Gasteiger partial charge in [0.05, 0.1) is 11.8 Å². The van der Waals surface area contributed by atoms with Gasteiger partial charge in [0, 0.05) is 27.6 Å². The van der Waals surface area contributed by atoms with E-state index in [1.165, 1.54) is 0 Å². The molecule has 5 rings (SSSR count). The first-order chi connectivity index (χ1) is 14.5. The maximum Gasteiger partial charge on any atom is 0.251 e. The van der Waals surface area contributed by atoms with E-state index >= 15 is 0 Å². The zero-order valence-corrected chi connectivity index (χ0v) is 17.7. The maximum absolute atomic E-state index is 13.3. The van der Waals surface area contributed by atoms with Gasteiger partial charge in [-0.2, -0.15) is 5.10 Å². The Kier molecular flexibility index (Phi) is 4.76. The van der Waals surface area contributed by atoms with E-state index in [4.69, 9.17) is 33.0 Å². The van der Waals surface area contributed by atoms with Crippen molar-refractivity contribution < 1.29 is 9.53 Å². The average Bonchev–Trinajstić information content (AvgIpc) is 3.19. The van der Waals surface area contributed by atoms with E-state index in [-0.39, 0.29) is 11.8 Å². The lowest BCUT2D eigenvalue weighted by atomic mass is 9.95. The van der Waals surface area contributed by atoms with Crippen LogP contribution in [0.25, 0.3) is 0 Å². The third-order valence-corrected chi connectivity index (χ3v) is 5.98. The second kappa shape index (κ2) is 7.46. The van der Waals surface area contributed by atoms with Crippen LogP contribution in [0, 0.1) is 6.92 Å². The van der Waals surface area contributed by atoms with Gasteiger partial charge in [0.25, 0.3) is 6.23 Å². The van der Waals surface area contributed by atoms with E-state index in [1.807, 2.05) is 67.6 Å². The summed E-state index contributed by atoms with van der Waals surface area (Å²) in [5, 5.41) is 7.87. The van der Waals surface area contributed by atoms with Crippen molar-refractivity contribution in [3.8, 4) is 5.75 Å². The molecule has 4 nitrogen and oxygen atoms in total. The maximum atomic E-state index is 13.3. The van der Waals surface area contributed by atoms with Crippen molar-refractivity contribution in [1.82, 2.24) is 5.01 Å². The number of hydrogen-bond donors (Lipinski definition) is 0. The Balaban J connectivity index is 1.57. The molecule has 0 N–H and O–H groups in total. The number of Topliss-reactive ketones (excluding diaryl/α,β-unsaturated/α-hetero) is 1. The molecule has 150 valence electrons. The number of carbonyl (C=O) groups excluding carboxylic acids is 1. The lowest BCUT2D eigenvalue weighted by Gasteiger charge is -2.37. The van der Waals surface area contributed by atoms with Crippen LogP contribution in [0.4, 0.5) is 0 Å². The molecule has 0 aliphatic carbocycles. The lowest BCUT2D eigenvalue weighted by Crippen LogP contribution is -2.45. The number of hydrazone groups is 1. The predicted molar refractivity (Wildman–Crippen MR) is 119 cm³/mol. The van der Waals surface area contributed by atoms with Gasteiger partial charge in [-0.15, -0.1) is 0 Å². The summed E-state index contributed by atoms with van der Waals surface area (Å²) in [7, 11) is 0. The normalized spacial score (nSPS) is 19.6. The Morgan fingerprint density at radius 1 is 1.00 bits per heavy atom. The Morgan fingerprint density at radius 2 is 1.70 bits per heavy atom. The molecule has 3 aromatic rings. The first-order valence-corrected chi connectivity index (χ1v) is 10.4. The predicted octanol–water partition coefficient (Wildman–Crippen LogP) is 6.05. The van der Waals surface area contributed by atoms with E-state index < -0.39 is 6.23 Å². The van der Waals surface area contributed by atoms with E-state index in [2.05, 4.69) is 0 Å². The number of benzene rings is 3. The molecule has 0 fully saturated rings. The van der Waals surface area contributed by atoms with Crippen LogP contribution in [0.3, 0.4) is 0 Å². The lowest BCUT2D eigenvalue weighted by molar-refractivity contribution is -0.00455. The Bertz CT molecular complexity index is 1160. The summed E-state index contributed by atoms with van der Waals surface area (Å²) in [4.78, 5) is 13.3. The van der Waals surface area contributed by atoms with Crippen molar-refractivity contribution in [2.75, 3.05) is 0 Å². The summed E-state index contributed by atoms with van der Waals surface area (Å²) in [6, 6.07) is 20.4. The Labute approximate surface area is 184 Å². The fraction of sp³-hybridized carbons (Fsp3) is 0.167. The second-order valence-electron chi connectivity index (χ2n) is 7.54. The molecule has 0 bridgehead atoms. The molecular weight excluding hydrogens is 419 g/mol. The molecule has 2 aliphatic heterocycles. The molecule has 0 unspecified atom stereocenters. The fourth-order valence-electron chi connectivity index (χ4n) is 3.91. The second-order valence-corrected chi connectivity index (χ2v) is 8.41. The Hall–Kier alpha value is -2.82. The van der Waals surface area contributed by atoms with Gasteiger partial charge < -0.3 is 4.74 Å². The summed E-state index contributed by atoms with van der Waals surface area (Å²) < 4.78 is 6.14. The van der Waals surface area contributed by atoms with Crippen LogP contribution in [-0.4, -0.2) is 22.7 Å². The molecule has 0 aromatic heterocycles. The zero-order valence-electron chi connectivity index (χ0n) is 16.2. The minimum absolute atomic E-state index is 0.123. The summed E-state index contributed by atoms with van der Waals surface area (Å²) in [5.41, 5.74) is 4.48. The molecule has 0 radical (unpaired) electrons. The molecule has 2 heterocycles. The van der Waals surface area contributed by atoms with Crippen LogP contribution in [0.5, 0.6) is 5.75 Å². The highest BCUT2D eigenvalue weighted by molar-refractivity contribution is 6.31. The minimum atomic E-state index is -0.837. The van der Waals surface area contributed by atoms with Gasteiger partial charge >= 0.3 is 0 Å². The number of carbonyl (C=O) groups is 1. The van der Waals surface area contributed by atoms with Crippen LogP contribution in [-0.2, 0) is 0 Å². The largest absolute Gasteiger partial charge is 0.461 e. The first kappa shape index (κ1) is 19.2. The molecule has 0 saturated heterocycles. The van der Waals surface area contributed by atoms with Gasteiger partial charge in [-0.25, -0.2) is 5.01 Å². The standard InChI is InChI=1S/C24H18Cl2N2O2/c1-14-2-4-16(5-3-14)23(29)24-28-21(19-12-18(26)10-11-22(19)30-24)13-20(27-28)15-6-8-17(25)9-7-15/h2-12,21,24H,13H2,1H3/t21-,24+/m1/s1. The van der Waals surface area contributed by atoms with Gasteiger partial charge in [0.1, 0.15) is 5.75 Å². The van der Waals surface area contributed by atoms with Gasteiger partial charge in [-0.3, -0.25) is 4.79 Å². The Morgan fingerprint density at radius 3 is 2.43 bits per heavy atom. The quantitative estimate of drug-likeness (QED) is 0.468. The topological polar surface area (TPSA) is 41.9 Å². The number of aryl methyl sites for hydroxylation is 1. The van der Waals surface area contributed by atoms with E-state index in [0.717, 1.165) is 22.4 Å². The van der Waals surface area contributed by atoms with Crippen LogP contribution >= 0.6 is 23.2 Å². The average molecular weight is 437 g/mol. The summed E-state index contributed by atoms with van der Waals surface area (Å²) >= 11 is 12.3. The van der Waals surface area contributed by atoms with Crippen molar-refractivity contribution in [1.29, 1.82) is 0 Å². The van der Waals surface area contributed by atoms with Gasteiger partial charge in [-0.05, 0) is 42.8 Å². The minimum Gasteiger partial charge on any atom is -0.461 e. The van der Waals surface area contributed by atoms with Crippen LogP contribution in [0.15, 0.2) is 71.8 Å². The molecule has 0 spiro atoms. The van der Waals surface area contributed by atoms with Crippen molar-refractivity contribution in [2.24, 2.45) is 5.10 Å². The molecule has 30 heavy (non-hydrogen) atoms. The number of hydrogen-bond acceptors (Lipinski definition) is 4. The van der Waals surface area contributed by atoms with Crippen molar-refractivity contribution in [2.45, 2.75) is 25.6 Å². The van der Waals surface area contributed by atoms with Crippen LogP contribution < -0.4 is 4.74 Å². The molecule has 0 saturated carbocycles. The molecule has 3 aromatic carbocycles. The van der Waals surface area contributed by atoms with E-state index in [9.17, 15) is 4.79 Å². The van der Waals surface area contributed by atoms with Gasteiger partial charge in [0.2, 0.25) is 5.78 Å². The van der Waals surface area contributed by atoms with Gasteiger partial charge in [0.15, 0.2) is 0 Å². The van der Waals surface area contributed by atoms with Crippen molar-refractivity contribution in [3.63, 3.8) is 0 Å². The highest BCUT2D eigenvalue weighted by atomic mass is 35.5. The van der Waals surface area contributed by atoms with Gasteiger partial charge in [-0.1, -0.05) is 65.2 Å². The van der Waals surface area contributed by atoms with E-state index in [1.54, 1.807) is 11.1 Å². The van der Waals surface area contributed by atoms with Crippen molar-refractivity contribution >= 4 is 34.7 Å². The smallest absolute Gasteiger partial charge is 0.251 e. The first-order valence-electron chi connectivity index (χ1n) is 9.68. The third-order valence-electron chi connectivity index (χ3n) is 5.49. The zero-order chi connectivity index (χ0) is 20.8. The molecule has 2 atom stereocenters. The summed E-state index contributed by atoms with van der Waals surface area (Å²) in [5.74, 6) is 0.542. The highest BCUT2D eigenvalue weighted by Gasteiger charge is 2.43. The number of nitrogens with zero attached hydrogens (tertiary/aromatic N) is 2. The SMILES string of the molecule is Cc1ccc(C(=O)[C@@H]2Oc3ccc(Cl)cc3[C@H]3CC(c4ccc(Cl)cc4)=NN32)cc1. The van der Waals surface area contributed by atoms with Crippen molar-refractivity contribution in [3.05, 3.63) is 99.0 Å². The summed E-state index contributed by atoms with van der Waals surface area (Å²) in [6.45, 7) is 1.99. The third kappa shape index (κ3) is 3.36. The highest BCUT2D eigenvalue weighted by Crippen LogP contribution is 2.44. The number of fused-ring (bicyclic) bond motifs is 3. The fourth-order valence-corrected chi connectivity index (χ4v) is 4.21. The van der Waals surface area contributed by atoms with Crippen LogP contribution in [0.2, 0.25) is 10.0 Å². The number of halogens is 2.